The molecule has 8 rings (SSSR count). The summed E-state index contributed by atoms with van der Waals surface area (Å²) in [6.07, 6.45) is 27.1. The van der Waals surface area contributed by atoms with E-state index < -0.39 is 12.3 Å². The maximum absolute atomic E-state index is 12.2. The van der Waals surface area contributed by atoms with Gasteiger partial charge in [-0.25, -0.2) is 37.8 Å². The van der Waals surface area contributed by atoms with E-state index in [-0.39, 0.29) is 60.4 Å². The molecule has 0 fully saturated rings. The van der Waals surface area contributed by atoms with E-state index in [1.54, 1.807) is 30.0 Å². The number of aromatic nitrogens is 8. The van der Waals surface area contributed by atoms with Crippen molar-refractivity contribution in [2.24, 2.45) is 4.90 Å². The van der Waals surface area contributed by atoms with Crippen LogP contribution in [0.15, 0.2) is 189 Å². The maximum Gasteiger partial charge on any atom is -1.00 e. The van der Waals surface area contributed by atoms with E-state index in [0.29, 0.717) is 0 Å². The minimum Gasteiger partial charge on any atom is -1.00 e. The largest absolute Gasteiger partial charge is 1.00 e. The van der Waals surface area contributed by atoms with E-state index in [1.165, 1.54) is 0 Å². The number of allylic oxidation sites excluding steroid dienone is 2. The number of benzene rings is 4. The van der Waals surface area contributed by atoms with Gasteiger partial charge in [-0.2, -0.15) is 0 Å². The van der Waals surface area contributed by atoms with Crippen molar-refractivity contribution >= 4 is 48.9 Å². The van der Waals surface area contributed by atoms with Gasteiger partial charge in [-0.15, -0.1) is 0 Å². The quantitative estimate of drug-likeness (QED) is 0.0268. The zero-order valence-corrected chi connectivity index (χ0v) is 45.3. The predicted octanol–water partition coefficient (Wildman–Crippen LogP) is 2.48. The predicted molar refractivity (Wildman–Crippen MR) is 272 cm³/mol. The van der Waals surface area contributed by atoms with Crippen LogP contribution >= 0.6 is 31.6 Å². The Labute approximate surface area is 451 Å². The van der Waals surface area contributed by atoms with E-state index in [1.807, 2.05) is 119 Å². The topological polar surface area (TPSA) is 137 Å². The van der Waals surface area contributed by atoms with Crippen molar-refractivity contribution in [2.45, 2.75) is 65.7 Å². The van der Waals surface area contributed by atoms with Crippen molar-refractivity contribution in [1.29, 1.82) is 0 Å². The summed E-state index contributed by atoms with van der Waals surface area (Å²) in [4.78, 5) is 38.1. The minimum atomic E-state index is -0.698. The summed E-state index contributed by atoms with van der Waals surface area (Å²) in [5, 5.41) is 0. The standard InChI is InChI=1S/C50H50N8O6.CH4BINP.2BrH/c59-49(61-33-45-11-3-41(4-12-45)29-55-23-19-51-37-55)63-35-47-15-7-43(8-16-47)31-57-27-25-53(39-57)21-1-2-22-54-26-28-58(40-54)32-44-9-17-48(18-10-44)36-64-50(60)62-34-46-13-5-42(6-14-46)30-56-24-20-52-38-56;3-2-4-1-5;;/h1-20,23-28,37-40H,21-22,29-36H2;1,5H2;2*1H/q+2;;;/p-2/b2-1+;;;. The summed E-state index contributed by atoms with van der Waals surface area (Å²) in [6.45, 7) is 5.01. The van der Waals surface area contributed by atoms with Crippen molar-refractivity contribution in [1.82, 2.24) is 28.2 Å². The third-order valence-corrected chi connectivity index (χ3v) is 11.2. The van der Waals surface area contributed by atoms with Gasteiger partial charge in [-0.05, 0) is 56.7 Å². The van der Waals surface area contributed by atoms with Crippen LogP contribution in [0.4, 0.5) is 9.59 Å². The van der Waals surface area contributed by atoms with Crippen molar-refractivity contribution in [2.75, 3.05) is 6.29 Å². The first kappa shape index (κ1) is 55.9. The van der Waals surface area contributed by atoms with Gasteiger partial charge in [-0.3, -0.25) is 0 Å². The molecule has 0 amide bonds. The third kappa shape index (κ3) is 20.0. The average molecular weight is 1220 g/mol. The zero-order chi connectivity index (χ0) is 47.9. The van der Waals surface area contributed by atoms with Crippen molar-refractivity contribution in [3.05, 3.63) is 229 Å². The first-order valence-electron chi connectivity index (χ1n) is 22.2. The number of hydrogen-bond donors (Lipinski definition) is 0. The number of hydrogen-bond acceptors (Lipinski definition) is 9. The van der Waals surface area contributed by atoms with Crippen LogP contribution in [0.1, 0.15) is 44.5 Å². The number of imidazole rings is 4. The van der Waals surface area contributed by atoms with E-state index in [0.717, 1.165) is 90.1 Å². The van der Waals surface area contributed by atoms with Crippen LogP contribution in [-0.2, 0) is 84.6 Å². The minimum absolute atomic E-state index is 0. The van der Waals surface area contributed by atoms with E-state index in [2.05, 4.69) is 114 Å². The Morgan fingerprint density at radius 2 is 0.873 bits per heavy atom. The number of ether oxygens (including phenoxy) is 4. The molecular weight excluding hydrogens is 1160 g/mol. The average Bonchev–Trinajstić information content (AvgIpc) is 4.24. The first-order chi connectivity index (χ1) is 33.8. The molecular formula is C51H54BBr2IN9O6P. The molecule has 0 aliphatic carbocycles. The second-order valence-electron chi connectivity index (χ2n) is 15.9. The number of nitrogens with zero attached hydrogens (tertiary/aromatic N) is 9. The molecule has 4 aromatic heterocycles. The van der Waals surface area contributed by atoms with Gasteiger partial charge >= 0.3 is 60.0 Å². The fourth-order valence-corrected chi connectivity index (χ4v) is 7.69. The van der Waals surface area contributed by atoms with Crippen molar-refractivity contribution < 1.29 is 71.6 Å². The molecule has 20 heteroatoms. The molecule has 0 N–H and O–H groups in total. The van der Waals surface area contributed by atoms with Gasteiger partial charge in [0, 0.05) is 37.9 Å². The molecule has 0 radical (unpaired) electrons. The molecule has 8 aromatic rings. The Morgan fingerprint density at radius 3 is 1.17 bits per heavy atom. The second kappa shape index (κ2) is 30.7. The first-order valence-corrected chi connectivity index (χ1v) is 24.3. The van der Waals surface area contributed by atoms with Gasteiger partial charge in [0.25, 0.3) is 0 Å². The molecule has 0 bridgehead atoms. The van der Waals surface area contributed by atoms with Gasteiger partial charge in [0.2, 0.25) is 12.7 Å². The van der Waals surface area contributed by atoms with Crippen LogP contribution in [0.25, 0.3) is 0 Å². The Kier molecular flexibility index (Phi) is 24.1. The number of carbonyl (C=O) groups is 2. The molecule has 4 aromatic carbocycles. The normalized spacial score (nSPS) is 10.7. The Balaban J connectivity index is 0.00000128. The molecule has 15 nitrogen and oxygen atoms in total. The van der Waals surface area contributed by atoms with Crippen LogP contribution in [0.5, 0.6) is 0 Å². The van der Waals surface area contributed by atoms with Gasteiger partial charge < -0.3 is 62.0 Å². The summed E-state index contributed by atoms with van der Waals surface area (Å²) >= 11 is 2.08. The molecule has 71 heavy (non-hydrogen) atoms. The fourth-order valence-electron chi connectivity index (χ4n) is 6.93. The smallest absolute Gasteiger partial charge is 1.00 e. The summed E-state index contributed by atoms with van der Waals surface area (Å²) in [6, 6.07) is 31.9. The van der Waals surface area contributed by atoms with Gasteiger partial charge in [-0.1, -0.05) is 97.1 Å². The van der Waals surface area contributed by atoms with Crippen LogP contribution < -0.4 is 43.1 Å². The number of halogens is 3. The van der Waals surface area contributed by atoms with Crippen molar-refractivity contribution in [3.8, 4) is 0 Å². The van der Waals surface area contributed by atoms with Crippen LogP contribution in [0, 0.1) is 0 Å². The second-order valence-corrected chi connectivity index (χ2v) is 16.8. The third-order valence-electron chi connectivity index (χ3n) is 10.6. The van der Waals surface area contributed by atoms with Crippen LogP contribution in [0.2, 0.25) is 0 Å². The molecule has 0 aliphatic heterocycles. The number of carbonyl (C=O) groups excluding carboxylic acids is 2. The van der Waals surface area contributed by atoms with Gasteiger partial charge in [0.05, 0.1) is 12.7 Å². The van der Waals surface area contributed by atoms with E-state index in [9.17, 15) is 9.59 Å². The van der Waals surface area contributed by atoms with Crippen LogP contribution in [0.3, 0.4) is 0 Å². The molecule has 368 valence electrons. The number of rotatable bonds is 21. The summed E-state index contributed by atoms with van der Waals surface area (Å²) in [5.74, 6) is 0. The fraction of sp³-hybridized carbons (Fsp3) is 0.216. The molecule has 4 heterocycles. The SMILES string of the molecule is O=C(OCc1ccc(Cn2ccnc2)cc1)OCc1ccc(C[n+]2ccn(C/C=C/Cn3cc[n+](Cc4ccc(COC(=O)OCc5ccc(Cn6ccnc6)cc5)cc4)c3)c2)cc1.PCN=BI.[Br-].[Br-]. The summed E-state index contributed by atoms with van der Waals surface area (Å²) in [7, 11) is 2.50. The van der Waals surface area contributed by atoms with E-state index >= 15 is 0 Å². The monoisotopic (exact) mass is 1220 g/mol. The maximum atomic E-state index is 12.2. The van der Waals surface area contributed by atoms with Gasteiger partial charge in [0.1, 0.15) is 77.4 Å². The van der Waals surface area contributed by atoms with Gasteiger partial charge in [0.15, 0.2) is 0 Å². The molecule has 0 saturated carbocycles. The molecule has 0 aliphatic rings. The molecule has 0 spiro atoms. The van der Waals surface area contributed by atoms with Crippen LogP contribution in [-0.4, -0.2) is 51.8 Å². The zero-order valence-electron chi connectivity index (χ0n) is 38.9. The van der Waals surface area contributed by atoms with E-state index in [4.69, 9.17) is 18.9 Å². The Hall–Kier alpha value is -6.02. The van der Waals surface area contributed by atoms with Crippen molar-refractivity contribution in [3.63, 3.8) is 0 Å². The molecule has 0 saturated heterocycles. The molecule has 1 atom stereocenters. The Bertz CT molecular complexity index is 2640. The Morgan fingerprint density at radius 1 is 0.535 bits per heavy atom. The summed E-state index contributed by atoms with van der Waals surface area (Å²) in [5.41, 5.74) is 8.12. The summed E-state index contributed by atoms with van der Waals surface area (Å²) < 4.78 is 33.8. The molecule has 1 unspecified atom stereocenters.